The predicted molar refractivity (Wildman–Crippen MR) is 150 cm³/mol. The van der Waals surface area contributed by atoms with Crippen molar-refractivity contribution < 1.29 is 27.5 Å². The highest BCUT2D eigenvalue weighted by Gasteiger charge is 2.33. The fraction of sp³-hybridized carbons (Fsp3) is 0.310. The molecule has 39 heavy (non-hydrogen) atoms. The molecule has 208 valence electrons. The Hall–Kier alpha value is -4.05. The van der Waals surface area contributed by atoms with Gasteiger partial charge in [0.2, 0.25) is 11.8 Å². The van der Waals surface area contributed by atoms with E-state index in [2.05, 4.69) is 5.32 Å². The Morgan fingerprint density at radius 2 is 1.62 bits per heavy atom. The van der Waals surface area contributed by atoms with Crippen molar-refractivity contribution in [3.8, 4) is 11.5 Å². The number of aryl methyl sites for hydroxylation is 1. The number of anilines is 1. The molecule has 2 amide bonds. The third kappa shape index (κ3) is 6.88. The maximum Gasteiger partial charge on any atom is 0.264 e. The van der Waals surface area contributed by atoms with Gasteiger partial charge >= 0.3 is 0 Å². The molecule has 9 nitrogen and oxygen atoms in total. The molecular formula is C29H35N3O6S. The van der Waals surface area contributed by atoms with Crippen LogP contribution in [0.2, 0.25) is 0 Å². The summed E-state index contributed by atoms with van der Waals surface area (Å²) in [7, 11) is 0.159. The monoisotopic (exact) mass is 553 g/mol. The van der Waals surface area contributed by atoms with E-state index in [0.717, 1.165) is 15.4 Å². The van der Waals surface area contributed by atoms with Crippen molar-refractivity contribution in [3.05, 3.63) is 83.9 Å². The van der Waals surface area contributed by atoms with Gasteiger partial charge < -0.3 is 19.7 Å². The van der Waals surface area contributed by atoms with Gasteiger partial charge in [-0.25, -0.2) is 8.42 Å². The summed E-state index contributed by atoms with van der Waals surface area (Å²) in [5.74, 6) is -0.225. The molecule has 10 heteroatoms. The van der Waals surface area contributed by atoms with Gasteiger partial charge in [0.15, 0.2) is 11.5 Å². The summed E-state index contributed by atoms with van der Waals surface area (Å²) in [6, 6.07) is 19.5. The maximum absolute atomic E-state index is 14.0. The van der Waals surface area contributed by atoms with Crippen molar-refractivity contribution in [1.82, 2.24) is 10.2 Å². The van der Waals surface area contributed by atoms with E-state index >= 15 is 0 Å². The Bertz CT molecular complexity index is 1400. The zero-order chi connectivity index (χ0) is 28.6. The molecule has 0 aliphatic heterocycles. The van der Waals surface area contributed by atoms with E-state index < -0.39 is 28.5 Å². The summed E-state index contributed by atoms with van der Waals surface area (Å²) < 4.78 is 39.6. The fourth-order valence-corrected chi connectivity index (χ4v) is 5.75. The van der Waals surface area contributed by atoms with Crippen molar-refractivity contribution in [3.63, 3.8) is 0 Å². The van der Waals surface area contributed by atoms with Crippen LogP contribution in [-0.2, 0) is 26.2 Å². The summed E-state index contributed by atoms with van der Waals surface area (Å²) in [5.41, 5.74) is 2.15. The normalized spacial score (nSPS) is 11.8. The minimum atomic E-state index is -4.23. The largest absolute Gasteiger partial charge is 0.493 e. The minimum Gasteiger partial charge on any atom is -0.493 e. The Morgan fingerprint density at radius 3 is 2.21 bits per heavy atom. The number of carbonyl (C=O) groups excluding carboxylic acids is 2. The molecular weight excluding hydrogens is 518 g/mol. The lowest BCUT2D eigenvalue weighted by molar-refractivity contribution is -0.140. The van der Waals surface area contributed by atoms with Crippen molar-refractivity contribution in [2.45, 2.75) is 37.8 Å². The number of hydrogen-bond donors (Lipinski definition) is 1. The second-order valence-corrected chi connectivity index (χ2v) is 10.8. The first-order valence-corrected chi connectivity index (χ1v) is 14.0. The molecule has 1 atom stereocenters. The molecule has 1 unspecified atom stereocenters. The summed E-state index contributed by atoms with van der Waals surface area (Å²) in [4.78, 5) is 28.1. The Labute approximate surface area is 230 Å². The fourth-order valence-electron chi connectivity index (χ4n) is 4.32. The molecule has 1 N–H and O–H groups in total. The van der Waals surface area contributed by atoms with Gasteiger partial charge in [0.25, 0.3) is 10.0 Å². The predicted octanol–water partition coefficient (Wildman–Crippen LogP) is 3.76. The Morgan fingerprint density at radius 1 is 0.923 bits per heavy atom. The quantitative estimate of drug-likeness (QED) is 0.366. The van der Waals surface area contributed by atoms with E-state index in [1.165, 1.54) is 44.4 Å². The average molecular weight is 554 g/mol. The van der Waals surface area contributed by atoms with Gasteiger partial charge in [-0.05, 0) is 43.2 Å². The van der Waals surface area contributed by atoms with Crippen LogP contribution < -0.4 is 19.1 Å². The molecule has 0 spiro atoms. The van der Waals surface area contributed by atoms with Gasteiger partial charge in [-0.2, -0.15) is 0 Å². The number of nitrogens with one attached hydrogen (secondary N) is 1. The number of para-hydroxylation sites is 1. The van der Waals surface area contributed by atoms with Gasteiger partial charge in [0.05, 0.1) is 24.8 Å². The lowest BCUT2D eigenvalue weighted by Gasteiger charge is -2.33. The highest BCUT2D eigenvalue weighted by molar-refractivity contribution is 7.92. The maximum atomic E-state index is 14.0. The van der Waals surface area contributed by atoms with Gasteiger partial charge in [0, 0.05) is 19.7 Å². The molecule has 0 aliphatic carbocycles. The lowest BCUT2D eigenvalue weighted by atomic mass is 10.1. The average Bonchev–Trinajstić information content (AvgIpc) is 2.95. The van der Waals surface area contributed by atoms with Crippen LogP contribution >= 0.6 is 0 Å². The zero-order valence-corrected chi connectivity index (χ0v) is 23.7. The first-order chi connectivity index (χ1) is 18.7. The van der Waals surface area contributed by atoms with Crippen LogP contribution in [0, 0.1) is 6.92 Å². The molecule has 3 rings (SSSR count). The second-order valence-electron chi connectivity index (χ2n) is 8.91. The van der Waals surface area contributed by atoms with Gasteiger partial charge in [-0.3, -0.25) is 13.9 Å². The van der Waals surface area contributed by atoms with Crippen LogP contribution in [0.1, 0.15) is 24.5 Å². The number of amides is 2. The number of carbonyl (C=O) groups is 2. The highest BCUT2D eigenvalue weighted by Crippen LogP contribution is 2.32. The summed E-state index contributed by atoms with van der Waals surface area (Å²) in [5, 5.41) is 2.62. The summed E-state index contributed by atoms with van der Waals surface area (Å²) in [6.07, 6.45) is 0.352. The van der Waals surface area contributed by atoms with E-state index in [1.807, 2.05) is 38.1 Å². The van der Waals surface area contributed by atoms with Crippen molar-refractivity contribution in [2.75, 3.05) is 32.1 Å². The number of methoxy groups -OCH3 is 2. The molecule has 3 aromatic carbocycles. The number of likely N-dealkylation sites (N-methyl/N-ethyl adjacent to an activating group) is 1. The van der Waals surface area contributed by atoms with E-state index in [-0.39, 0.29) is 23.1 Å². The molecule has 3 aromatic rings. The van der Waals surface area contributed by atoms with Crippen LogP contribution in [0.15, 0.2) is 77.7 Å². The van der Waals surface area contributed by atoms with Crippen molar-refractivity contribution in [2.24, 2.45) is 0 Å². The molecule has 0 aromatic heterocycles. The third-order valence-electron chi connectivity index (χ3n) is 6.33. The summed E-state index contributed by atoms with van der Waals surface area (Å²) in [6.45, 7) is 3.38. The lowest BCUT2D eigenvalue weighted by Crippen LogP contribution is -2.51. The van der Waals surface area contributed by atoms with Crippen molar-refractivity contribution in [1.29, 1.82) is 0 Å². The van der Waals surface area contributed by atoms with Gasteiger partial charge in [-0.1, -0.05) is 55.0 Å². The highest BCUT2D eigenvalue weighted by atomic mass is 32.2. The van der Waals surface area contributed by atoms with Gasteiger partial charge in [-0.15, -0.1) is 0 Å². The molecule has 0 bridgehead atoms. The topological polar surface area (TPSA) is 105 Å². The van der Waals surface area contributed by atoms with E-state index in [4.69, 9.17) is 9.47 Å². The number of hydrogen-bond acceptors (Lipinski definition) is 6. The molecule has 0 radical (unpaired) electrons. The number of benzene rings is 3. The van der Waals surface area contributed by atoms with Crippen LogP contribution in [-0.4, -0.2) is 59.0 Å². The van der Waals surface area contributed by atoms with Crippen LogP contribution in [0.4, 0.5) is 5.69 Å². The molecule has 0 saturated heterocycles. The molecule has 0 heterocycles. The first kappa shape index (κ1) is 29.5. The van der Waals surface area contributed by atoms with E-state index in [0.29, 0.717) is 17.9 Å². The number of rotatable bonds is 12. The first-order valence-electron chi connectivity index (χ1n) is 12.5. The Kier molecular flexibility index (Phi) is 9.95. The van der Waals surface area contributed by atoms with E-state index in [9.17, 15) is 18.0 Å². The van der Waals surface area contributed by atoms with Crippen LogP contribution in [0.5, 0.6) is 11.5 Å². The zero-order valence-electron chi connectivity index (χ0n) is 22.9. The molecule has 0 aliphatic rings. The van der Waals surface area contributed by atoms with Crippen LogP contribution in [0.3, 0.4) is 0 Å². The second kappa shape index (κ2) is 13.1. The minimum absolute atomic E-state index is 0.0691. The summed E-state index contributed by atoms with van der Waals surface area (Å²) >= 11 is 0. The van der Waals surface area contributed by atoms with Crippen molar-refractivity contribution >= 4 is 27.5 Å². The van der Waals surface area contributed by atoms with E-state index in [1.54, 1.807) is 30.3 Å². The third-order valence-corrected chi connectivity index (χ3v) is 8.10. The molecule has 0 saturated carbocycles. The number of sulfonamides is 1. The number of ether oxygens (including phenoxy) is 2. The molecule has 0 fully saturated rings. The number of nitrogens with zero attached hydrogens (tertiary/aromatic N) is 2. The Balaban J connectivity index is 2.07. The standard InChI is InChI=1S/C29H35N3O6S/c1-6-25(29(34)30-3)31(19-22-12-10-11-21(2)17-22)28(33)20-32(23-13-8-7-9-14-23)39(35,36)24-15-16-26(37-4)27(18-24)38-5/h7-18,25H,6,19-20H2,1-5H3,(H,30,34). The smallest absolute Gasteiger partial charge is 0.264 e. The SMILES string of the molecule is CCC(C(=O)NC)N(Cc1cccc(C)c1)C(=O)CN(c1ccccc1)S(=O)(=O)c1ccc(OC)c(OC)c1. The van der Waals surface area contributed by atoms with Crippen LogP contribution in [0.25, 0.3) is 0 Å². The van der Waals surface area contributed by atoms with Gasteiger partial charge in [0.1, 0.15) is 12.6 Å².